The fourth-order valence-electron chi connectivity index (χ4n) is 2.93. The first-order valence-electron chi connectivity index (χ1n) is 7.47. The van der Waals surface area contributed by atoms with E-state index < -0.39 is 0 Å². The largest absolute Gasteiger partial charge is 0.338 e. The molecule has 5 nitrogen and oxygen atoms in total. The van der Waals surface area contributed by atoms with Crippen LogP contribution in [0.1, 0.15) is 24.8 Å². The molecule has 0 spiro atoms. The number of imidazole rings is 1. The van der Waals surface area contributed by atoms with Gasteiger partial charge >= 0.3 is 0 Å². The quantitative estimate of drug-likeness (QED) is 0.842. The van der Waals surface area contributed by atoms with E-state index >= 15 is 0 Å². The molecular formula is C16H20N4O. The van der Waals surface area contributed by atoms with E-state index in [9.17, 15) is 4.79 Å². The molecule has 2 aromatic heterocycles. The zero-order chi connectivity index (χ0) is 14.5. The van der Waals surface area contributed by atoms with Gasteiger partial charge in [0.25, 0.3) is 0 Å². The maximum Gasteiger partial charge on any atom is 0.223 e. The second kappa shape index (κ2) is 6.52. The summed E-state index contributed by atoms with van der Waals surface area (Å²) in [7, 11) is 0. The Hall–Kier alpha value is -2.17. The summed E-state index contributed by atoms with van der Waals surface area (Å²) in [5.41, 5.74) is 1.12. The number of amides is 1. The SMILES string of the molecule is O=C(CCc1cccnc1)N1CCC[C@@H]1Cn1ccnc1. The van der Waals surface area contributed by atoms with Gasteiger partial charge < -0.3 is 9.47 Å². The predicted molar refractivity (Wildman–Crippen MR) is 79.5 cm³/mol. The fourth-order valence-corrected chi connectivity index (χ4v) is 2.93. The van der Waals surface area contributed by atoms with Crippen LogP contribution in [0.4, 0.5) is 0 Å². The topological polar surface area (TPSA) is 51.0 Å². The molecule has 0 bridgehead atoms. The van der Waals surface area contributed by atoms with E-state index in [1.807, 2.05) is 35.8 Å². The Morgan fingerprint density at radius 1 is 1.33 bits per heavy atom. The van der Waals surface area contributed by atoms with Gasteiger partial charge in [0, 0.05) is 50.3 Å². The van der Waals surface area contributed by atoms with Crippen LogP contribution in [-0.2, 0) is 17.8 Å². The summed E-state index contributed by atoms with van der Waals surface area (Å²) < 4.78 is 2.05. The van der Waals surface area contributed by atoms with Crippen molar-refractivity contribution in [2.45, 2.75) is 38.3 Å². The van der Waals surface area contributed by atoms with Gasteiger partial charge in [-0.1, -0.05) is 6.07 Å². The van der Waals surface area contributed by atoms with Gasteiger partial charge in [-0.3, -0.25) is 9.78 Å². The van der Waals surface area contributed by atoms with Crippen LogP contribution in [0.25, 0.3) is 0 Å². The Morgan fingerprint density at radius 2 is 2.29 bits per heavy atom. The molecule has 3 heterocycles. The van der Waals surface area contributed by atoms with Crippen molar-refractivity contribution >= 4 is 5.91 Å². The Kier molecular flexibility index (Phi) is 4.28. The molecule has 0 aromatic carbocycles. The zero-order valence-electron chi connectivity index (χ0n) is 12.1. The smallest absolute Gasteiger partial charge is 0.223 e. The fraction of sp³-hybridized carbons (Fsp3) is 0.438. The summed E-state index contributed by atoms with van der Waals surface area (Å²) in [5, 5.41) is 0. The van der Waals surface area contributed by atoms with Crippen LogP contribution in [0.5, 0.6) is 0 Å². The molecule has 2 aromatic rings. The minimum Gasteiger partial charge on any atom is -0.338 e. The summed E-state index contributed by atoms with van der Waals surface area (Å²) in [4.78, 5) is 22.6. The number of likely N-dealkylation sites (tertiary alicyclic amines) is 1. The van der Waals surface area contributed by atoms with E-state index in [2.05, 4.69) is 14.5 Å². The third-order valence-corrected chi connectivity index (χ3v) is 4.03. The predicted octanol–water partition coefficient (Wildman–Crippen LogP) is 1.90. The monoisotopic (exact) mass is 284 g/mol. The second-order valence-electron chi connectivity index (χ2n) is 5.50. The number of hydrogen-bond acceptors (Lipinski definition) is 3. The third-order valence-electron chi connectivity index (χ3n) is 4.03. The molecule has 0 radical (unpaired) electrons. The summed E-state index contributed by atoms with van der Waals surface area (Å²) in [6.07, 6.45) is 12.6. The van der Waals surface area contributed by atoms with Crippen LogP contribution in [0.2, 0.25) is 0 Å². The molecule has 3 rings (SSSR count). The Balaban J connectivity index is 1.55. The van der Waals surface area contributed by atoms with Gasteiger partial charge in [-0.15, -0.1) is 0 Å². The molecule has 1 aliphatic rings. The van der Waals surface area contributed by atoms with Gasteiger partial charge in [-0.25, -0.2) is 4.98 Å². The summed E-state index contributed by atoms with van der Waals surface area (Å²) in [6, 6.07) is 4.24. The molecular weight excluding hydrogens is 264 g/mol. The number of rotatable bonds is 5. The molecule has 1 saturated heterocycles. The van der Waals surface area contributed by atoms with E-state index in [1.165, 1.54) is 0 Å². The van der Waals surface area contributed by atoms with Gasteiger partial charge in [0.15, 0.2) is 0 Å². The van der Waals surface area contributed by atoms with E-state index in [-0.39, 0.29) is 5.91 Å². The molecule has 1 amide bonds. The van der Waals surface area contributed by atoms with E-state index in [1.54, 1.807) is 12.4 Å². The van der Waals surface area contributed by atoms with Gasteiger partial charge in [-0.2, -0.15) is 0 Å². The molecule has 1 fully saturated rings. The van der Waals surface area contributed by atoms with Gasteiger partial charge in [-0.05, 0) is 30.9 Å². The summed E-state index contributed by atoms with van der Waals surface area (Å²) >= 11 is 0. The molecule has 0 unspecified atom stereocenters. The lowest BCUT2D eigenvalue weighted by Crippen LogP contribution is -2.38. The molecule has 0 saturated carbocycles. The van der Waals surface area contributed by atoms with E-state index in [0.29, 0.717) is 12.5 Å². The van der Waals surface area contributed by atoms with Crippen LogP contribution in [0.15, 0.2) is 43.2 Å². The number of pyridine rings is 1. The first kappa shape index (κ1) is 13.8. The lowest BCUT2D eigenvalue weighted by molar-refractivity contribution is -0.132. The van der Waals surface area contributed by atoms with Crippen LogP contribution in [-0.4, -0.2) is 37.9 Å². The standard InChI is InChI=1S/C16H20N4O/c21-16(6-5-14-3-1-7-17-11-14)20-9-2-4-15(20)12-19-10-8-18-13-19/h1,3,7-8,10-11,13,15H,2,4-6,9,12H2/t15-/m1/s1. The zero-order valence-corrected chi connectivity index (χ0v) is 12.1. The minimum atomic E-state index is 0.251. The molecule has 5 heteroatoms. The number of aromatic nitrogens is 3. The maximum atomic E-state index is 12.4. The highest BCUT2D eigenvalue weighted by Gasteiger charge is 2.28. The lowest BCUT2D eigenvalue weighted by Gasteiger charge is -2.25. The lowest BCUT2D eigenvalue weighted by atomic mass is 10.1. The van der Waals surface area contributed by atoms with Gasteiger partial charge in [0.05, 0.1) is 6.33 Å². The van der Waals surface area contributed by atoms with E-state index in [4.69, 9.17) is 0 Å². The highest BCUT2D eigenvalue weighted by molar-refractivity contribution is 5.77. The van der Waals surface area contributed by atoms with Crippen molar-refractivity contribution in [3.63, 3.8) is 0 Å². The van der Waals surface area contributed by atoms with Crippen molar-refractivity contribution in [1.29, 1.82) is 0 Å². The number of nitrogens with zero attached hydrogens (tertiary/aromatic N) is 4. The normalized spacial score (nSPS) is 18.1. The van der Waals surface area contributed by atoms with Crippen LogP contribution in [0.3, 0.4) is 0 Å². The average molecular weight is 284 g/mol. The molecule has 0 N–H and O–H groups in total. The number of aryl methyl sites for hydroxylation is 1. The highest BCUT2D eigenvalue weighted by atomic mass is 16.2. The van der Waals surface area contributed by atoms with Crippen molar-refractivity contribution in [3.8, 4) is 0 Å². The number of carbonyl (C=O) groups is 1. The Morgan fingerprint density at radius 3 is 3.05 bits per heavy atom. The van der Waals surface area contributed by atoms with Crippen molar-refractivity contribution < 1.29 is 4.79 Å². The first-order chi connectivity index (χ1) is 10.3. The molecule has 110 valence electrons. The maximum absolute atomic E-state index is 12.4. The van der Waals surface area contributed by atoms with Crippen molar-refractivity contribution in [2.75, 3.05) is 6.54 Å². The van der Waals surface area contributed by atoms with Crippen LogP contribution < -0.4 is 0 Å². The van der Waals surface area contributed by atoms with Crippen LogP contribution >= 0.6 is 0 Å². The molecule has 0 aliphatic carbocycles. The second-order valence-corrected chi connectivity index (χ2v) is 5.50. The van der Waals surface area contributed by atoms with Gasteiger partial charge in [0.1, 0.15) is 0 Å². The molecule has 1 atom stereocenters. The number of hydrogen-bond donors (Lipinski definition) is 0. The average Bonchev–Trinajstić information content (AvgIpc) is 3.18. The van der Waals surface area contributed by atoms with Crippen molar-refractivity contribution in [3.05, 3.63) is 48.8 Å². The Labute approximate surface area is 124 Å². The third kappa shape index (κ3) is 3.48. The summed E-state index contributed by atoms with van der Waals surface area (Å²) in [5.74, 6) is 0.251. The minimum absolute atomic E-state index is 0.251. The first-order valence-corrected chi connectivity index (χ1v) is 7.47. The van der Waals surface area contributed by atoms with Crippen LogP contribution in [0, 0.1) is 0 Å². The van der Waals surface area contributed by atoms with E-state index in [0.717, 1.165) is 37.9 Å². The molecule has 21 heavy (non-hydrogen) atoms. The molecule has 1 aliphatic heterocycles. The van der Waals surface area contributed by atoms with Gasteiger partial charge in [0.2, 0.25) is 5.91 Å². The van der Waals surface area contributed by atoms with Crippen molar-refractivity contribution in [2.24, 2.45) is 0 Å². The van der Waals surface area contributed by atoms with Crippen molar-refractivity contribution in [1.82, 2.24) is 19.4 Å². The Bertz CT molecular complexity index is 567. The number of carbonyl (C=O) groups excluding carboxylic acids is 1. The summed E-state index contributed by atoms with van der Waals surface area (Å²) in [6.45, 7) is 1.73. The highest BCUT2D eigenvalue weighted by Crippen LogP contribution is 2.20.